The number of carbonyl (C=O) groups is 6. The van der Waals surface area contributed by atoms with Gasteiger partial charge in [0.2, 0.25) is 0 Å². The van der Waals surface area contributed by atoms with Crippen molar-refractivity contribution in [1.82, 2.24) is 9.80 Å². The standard InChI is InChI=1S/C48H46N2O14/c1-57-31-21-17-29(18-22-31)33-45(39(51)59-3)35-47(41(53)61-5)34(30-19-23-32(58-2)24-20-30)48(42(54)62-6)37(49(35)43(55)63-25-27-13-9-7-10-14-27)46(33,40(52)60-4)38(48)50(36(45)47)44(56)64-26-28-15-11-8-12-16-28/h7-24,33-38H,25-26H2,1-6H3. The Hall–Kier alpha value is -7.10. The Kier molecular flexibility index (Phi) is 10.1. The topological polar surface area (TPSA) is 183 Å². The molecule has 4 heterocycles. The number of hydrogen-bond acceptors (Lipinski definition) is 14. The van der Waals surface area contributed by atoms with Crippen LogP contribution in [0.15, 0.2) is 109 Å². The van der Waals surface area contributed by atoms with Gasteiger partial charge in [0.15, 0.2) is 0 Å². The highest BCUT2D eigenvalue weighted by Gasteiger charge is 3.08. The summed E-state index contributed by atoms with van der Waals surface area (Å²) >= 11 is 0. The van der Waals surface area contributed by atoms with Crippen molar-refractivity contribution in [2.45, 2.75) is 49.2 Å². The van der Waals surface area contributed by atoms with E-state index in [4.69, 9.17) is 37.9 Å². The number of ether oxygens (including phenoxy) is 8. The molecule has 4 aromatic carbocycles. The number of piperidine rings is 4. The minimum Gasteiger partial charge on any atom is -0.497 e. The lowest BCUT2D eigenvalue weighted by Crippen LogP contribution is -3.10. The average molecular weight is 875 g/mol. The van der Waals surface area contributed by atoms with Crippen LogP contribution in [0.1, 0.15) is 34.1 Å². The Morgan fingerprint density at radius 2 is 0.703 bits per heavy atom. The molecule has 10 rings (SSSR count). The molecule has 6 fully saturated rings. The van der Waals surface area contributed by atoms with E-state index < -0.39 is 93.7 Å². The first-order valence-corrected chi connectivity index (χ1v) is 20.6. The van der Waals surface area contributed by atoms with Crippen LogP contribution in [0.5, 0.6) is 11.5 Å². The van der Waals surface area contributed by atoms with Crippen molar-refractivity contribution in [2.24, 2.45) is 21.7 Å². The van der Waals surface area contributed by atoms with Crippen molar-refractivity contribution < 1.29 is 66.7 Å². The number of esters is 4. The first-order chi connectivity index (χ1) is 31.0. The predicted octanol–water partition coefficient (Wildman–Crippen LogP) is 5.03. The second-order valence-electron chi connectivity index (χ2n) is 16.6. The second kappa shape index (κ2) is 15.3. The molecule has 2 aliphatic carbocycles. The normalized spacial score (nSPS) is 30.7. The predicted molar refractivity (Wildman–Crippen MR) is 221 cm³/mol. The molecule has 16 nitrogen and oxygen atoms in total. The monoisotopic (exact) mass is 874 g/mol. The van der Waals surface area contributed by atoms with E-state index in [-0.39, 0.29) is 13.2 Å². The Morgan fingerprint density at radius 1 is 0.422 bits per heavy atom. The summed E-state index contributed by atoms with van der Waals surface area (Å²) in [5.74, 6) is -5.64. The van der Waals surface area contributed by atoms with Crippen LogP contribution in [0, 0.1) is 21.7 Å². The maximum absolute atomic E-state index is 15.5. The maximum Gasteiger partial charge on any atom is 0.410 e. The molecule has 4 aliphatic heterocycles. The average Bonchev–Trinajstić information content (AvgIpc) is 3.33. The van der Waals surface area contributed by atoms with E-state index in [1.54, 1.807) is 109 Å². The minimum atomic E-state index is -2.18. The van der Waals surface area contributed by atoms with Gasteiger partial charge in [-0.15, -0.1) is 0 Å². The number of carbonyl (C=O) groups excluding carboxylic acids is 6. The molecule has 2 saturated carbocycles. The highest BCUT2D eigenvalue weighted by molar-refractivity contribution is 6.06. The van der Waals surface area contributed by atoms with Crippen LogP contribution in [0.25, 0.3) is 0 Å². The van der Waals surface area contributed by atoms with Crippen LogP contribution in [0.2, 0.25) is 0 Å². The molecule has 6 aliphatic rings. The molecule has 0 radical (unpaired) electrons. The fourth-order valence-electron chi connectivity index (χ4n) is 13.0. The lowest BCUT2D eigenvalue weighted by Gasteiger charge is -2.93. The lowest BCUT2D eigenvalue weighted by atomic mass is 9.15. The van der Waals surface area contributed by atoms with Crippen molar-refractivity contribution in [3.8, 4) is 11.5 Å². The number of benzene rings is 4. The van der Waals surface area contributed by atoms with Crippen molar-refractivity contribution >= 4 is 36.1 Å². The first kappa shape index (κ1) is 42.2. The Labute approximate surface area is 368 Å². The van der Waals surface area contributed by atoms with Gasteiger partial charge >= 0.3 is 36.1 Å². The van der Waals surface area contributed by atoms with Gasteiger partial charge in [0.05, 0.1) is 66.8 Å². The largest absolute Gasteiger partial charge is 0.497 e. The molecule has 2 amide bonds. The smallest absolute Gasteiger partial charge is 0.410 e. The van der Waals surface area contributed by atoms with Crippen molar-refractivity contribution in [3.63, 3.8) is 0 Å². The maximum atomic E-state index is 15.5. The third-order valence-corrected chi connectivity index (χ3v) is 14.5. The quantitative estimate of drug-likeness (QED) is 0.137. The van der Waals surface area contributed by atoms with Crippen LogP contribution in [0.3, 0.4) is 0 Å². The Bertz CT molecular complexity index is 2250. The number of hydrogen-bond donors (Lipinski definition) is 0. The molecule has 0 unspecified atom stereocenters. The third-order valence-electron chi connectivity index (χ3n) is 14.5. The minimum absolute atomic E-state index is 0.267. The van der Waals surface area contributed by atoms with Gasteiger partial charge in [-0.3, -0.25) is 29.0 Å². The first-order valence-electron chi connectivity index (χ1n) is 20.6. The molecule has 0 aromatic heterocycles. The fourth-order valence-corrected chi connectivity index (χ4v) is 13.0. The lowest BCUT2D eigenvalue weighted by molar-refractivity contribution is -0.429. The van der Waals surface area contributed by atoms with E-state index in [2.05, 4.69) is 0 Å². The SMILES string of the molecule is COC(=O)C12C(c3ccc(OC)cc3)C3(C(=O)OC)C4N(C(=O)OCc5ccccc5)C1C1(C(=O)OC)C(c5ccc(OC)cc5)C4(C(=O)OC)C3N(C(=O)OCc3ccccc3)C21. The fraction of sp³-hybridized carbons (Fsp3) is 0.375. The van der Waals surface area contributed by atoms with Crippen molar-refractivity contribution in [2.75, 3.05) is 42.7 Å². The number of rotatable bonds is 12. The highest BCUT2D eigenvalue weighted by atomic mass is 16.6. The number of nitrogens with zero attached hydrogens (tertiary/aromatic N) is 2. The third kappa shape index (κ3) is 4.98. The van der Waals surface area contributed by atoms with Gasteiger partial charge in [0.25, 0.3) is 0 Å². The summed E-state index contributed by atoms with van der Waals surface area (Å²) < 4.78 is 46.1. The van der Waals surface area contributed by atoms with Gasteiger partial charge in [0.1, 0.15) is 46.4 Å². The summed E-state index contributed by atoms with van der Waals surface area (Å²) in [6.07, 6.45) is -2.11. The van der Waals surface area contributed by atoms with Gasteiger partial charge in [-0.25, -0.2) is 9.59 Å². The molecule has 8 bridgehead atoms. The molecule has 16 heteroatoms. The van der Waals surface area contributed by atoms with Crippen LogP contribution < -0.4 is 9.47 Å². The molecular formula is C48H46N2O14. The summed E-state index contributed by atoms with van der Waals surface area (Å²) in [6, 6.07) is 24.3. The zero-order valence-electron chi connectivity index (χ0n) is 35.9. The summed E-state index contributed by atoms with van der Waals surface area (Å²) in [5, 5.41) is 0. The molecule has 0 atom stereocenters. The molecule has 0 N–H and O–H groups in total. The zero-order chi connectivity index (χ0) is 45.3. The van der Waals surface area contributed by atoms with E-state index in [0.717, 1.165) is 28.4 Å². The van der Waals surface area contributed by atoms with E-state index >= 15 is 28.8 Å². The summed E-state index contributed by atoms with van der Waals surface area (Å²) in [4.78, 5) is 95.1. The molecule has 0 spiro atoms. The summed E-state index contributed by atoms with van der Waals surface area (Å²) in [5.41, 5.74) is -6.76. The summed E-state index contributed by atoms with van der Waals surface area (Å²) in [7, 11) is 7.54. The molecule has 64 heavy (non-hydrogen) atoms. The Balaban J connectivity index is 1.41. The van der Waals surface area contributed by atoms with Crippen LogP contribution >= 0.6 is 0 Å². The van der Waals surface area contributed by atoms with E-state index in [1.807, 2.05) is 0 Å². The molecular weight excluding hydrogens is 829 g/mol. The van der Waals surface area contributed by atoms with Crippen molar-refractivity contribution in [1.29, 1.82) is 0 Å². The summed E-state index contributed by atoms with van der Waals surface area (Å²) in [6.45, 7) is -0.533. The highest BCUT2D eigenvalue weighted by Crippen LogP contribution is 2.92. The van der Waals surface area contributed by atoms with E-state index in [1.165, 1.54) is 24.0 Å². The van der Waals surface area contributed by atoms with Crippen LogP contribution in [0.4, 0.5) is 9.59 Å². The van der Waals surface area contributed by atoms with Crippen LogP contribution in [-0.4, -0.2) is 113 Å². The van der Waals surface area contributed by atoms with Gasteiger partial charge < -0.3 is 37.9 Å². The van der Waals surface area contributed by atoms with Gasteiger partial charge in [0, 0.05) is 11.8 Å². The van der Waals surface area contributed by atoms with Gasteiger partial charge in [-0.2, -0.15) is 0 Å². The van der Waals surface area contributed by atoms with Gasteiger partial charge in [-0.05, 0) is 46.5 Å². The number of methoxy groups -OCH3 is 6. The van der Waals surface area contributed by atoms with E-state index in [0.29, 0.717) is 33.8 Å². The second-order valence-corrected chi connectivity index (χ2v) is 16.6. The zero-order valence-corrected chi connectivity index (χ0v) is 35.9. The Morgan fingerprint density at radius 3 is 0.953 bits per heavy atom. The molecule has 332 valence electrons. The van der Waals surface area contributed by atoms with Gasteiger partial charge in [-0.1, -0.05) is 84.9 Å². The number of amides is 2. The molecule has 4 saturated heterocycles. The van der Waals surface area contributed by atoms with Crippen molar-refractivity contribution in [3.05, 3.63) is 131 Å². The molecule has 4 aromatic rings. The van der Waals surface area contributed by atoms with Crippen LogP contribution in [-0.2, 0) is 60.8 Å². The van der Waals surface area contributed by atoms with E-state index in [9.17, 15) is 0 Å².